The van der Waals surface area contributed by atoms with E-state index in [2.05, 4.69) is 15.3 Å². The molecule has 1 aliphatic rings. The highest BCUT2D eigenvalue weighted by atomic mass is 32.2. The Balaban J connectivity index is 2.08. The van der Waals surface area contributed by atoms with Crippen LogP contribution in [0, 0.1) is 0 Å². The number of hydrogen-bond acceptors (Lipinski definition) is 7. The van der Waals surface area contributed by atoms with E-state index >= 15 is 0 Å². The third-order valence-corrected chi connectivity index (χ3v) is 7.05. The maximum atomic E-state index is 12.4. The lowest BCUT2D eigenvalue weighted by Gasteiger charge is -2.30. The van der Waals surface area contributed by atoms with E-state index in [1.54, 1.807) is 44.2 Å². The Morgan fingerprint density at radius 3 is 2.34 bits per heavy atom. The predicted octanol–water partition coefficient (Wildman–Crippen LogP) is 2.35. The molecule has 9 nitrogen and oxygen atoms in total. The van der Waals surface area contributed by atoms with Gasteiger partial charge in [0.1, 0.15) is 10.6 Å². The molecule has 29 heavy (non-hydrogen) atoms. The minimum absolute atomic E-state index is 0.377. The van der Waals surface area contributed by atoms with Gasteiger partial charge in [-0.2, -0.15) is 0 Å². The molecule has 0 radical (unpaired) electrons. The Morgan fingerprint density at radius 1 is 1.17 bits per heavy atom. The summed E-state index contributed by atoms with van der Waals surface area (Å²) in [6, 6.07) is 8.32. The van der Waals surface area contributed by atoms with Crippen molar-refractivity contribution in [3.05, 3.63) is 36.0 Å². The fourth-order valence-corrected chi connectivity index (χ4v) is 3.33. The predicted molar refractivity (Wildman–Crippen MR) is 110 cm³/mol. The van der Waals surface area contributed by atoms with Crippen LogP contribution >= 0.6 is 0 Å². The first-order chi connectivity index (χ1) is 13.6. The van der Waals surface area contributed by atoms with E-state index in [1.165, 1.54) is 6.26 Å². The molecule has 0 spiro atoms. The van der Waals surface area contributed by atoms with Crippen molar-refractivity contribution in [1.29, 1.82) is 0 Å². The average molecular weight is 420 g/mol. The number of ether oxygens (including phenoxy) is 1. The number of anilines is 2. The Morgan fingerprint density at radius 2 is 1.79 bits per heavy atom. The van der Waals surface area contributed by atoms with E-state index in [0.29, 0.717) is 54.9 Å². The molecule has 1 aliphatic heterocycles. The molecule has 0 bridgehead atoms. The van der Waals surface area contributed by atoms with Gasteiger partial charge in [0.25, 0.3) is 0 Å². The molecule has 1 aromatic heterocycles. The standard InChI is InChI=1S/C19H24N4O5S/c1-19(2,29(3,26)27)15-12-16(23-8-10-28-11-9-23)22-17(21-15)13-4-6-14(7-5-13)20-18(24)25/h4-7,12,20H,8-11H2,1-3H3,(H,24,25). The van der Waals surface area contributed by atoms with Gasteiger partial charge in [0.15, 0.2) is 15.7 Å². The Kier molecular flexibility index (Phi) is 5.76. The molecule has 156 valence electrons. The van der Waals surface area contributed by atoms with E-state index in [-0.39, 0.29) is 0 Å². The summed E-state index contributed by atoms with van der Waals surface area (Å²) in [7, 11) is -3.43. The van der Waals surface area contributed by atoms with Gasteiger partial charge in [-0.15, -0.1) is 0 Å². The maximum absolute atomic E-state index is 12.4. The number of nitrogens with zero attached hydrogens (tertiary/aromatic N) is 3. The fourth-order valence-electron chi connectivity index (χ4n) is 2.84. The van der Waals surface area contributed by atoms with Crippen LogP contribution in [-0.4, -0.2) is 62.1 Å². The highest BCUT2D eigenvalue weighted by Gasteiger charge is 2.35. The molecule has 1 saturated heterocycles. The summed E-state index contributed by atoms with van der Waals surface area (Å²) in [6.07, 6.45) is 0.0377. The summed E-state index contributed by atoms with van der Waals surface area (Å²) in [5.74, 6) is 1.01. The van der Waals surface area contributed by atoms with Gasteiger partial charge in [-0.05, 0) is 38.1 Å². The number of amides is 1. The third-order valence-electron chi connectivity index (χ3n) is 4.99. The number of aromatic nitrogens is 2. The summed E-state index contributed by atoms with van der Waals surface area (Å²) in [5.41, 5.74) is 1.48. The smallest absolute Gasteiger partial charge is 0.409 e. The van der Waals surface area contributed by atoms with Gasteiger partial charge in [0.05, 0.1) is 18.9 Å². The van der Waals surface area contributed by atoms with E-state index < -0.39 is 20.7 Å². The van der Waals surface area contributed by atoms with E-state index in [4.69, 9.17) is 9.84 Å². The Hall–Kier alpha value is -2.72. The lowest BCUT2D eigenvalue weighted by molar-refractivity contribution is 0.122. The molecular weight excluding hydrogens is 396 g/mol. The second-order valence-corrected chi connectivity index (χ2v) is 9.89. The van der Waals surface area contributed by atoms with Crippen molar-refractivity contribution in [3.8, 4) is 11.4 Å². The number of carboxylic acid groups (broad SMARTS) is 1. The van der Waals surface area contributed by atoms with Gasteiger partial charge in [-0.3, -0.25) is 5.32 Å². The normalized spacial score (nSPS) is 15.2. The van der Waals surface area contributed by atoms with Gasteiger partial charge < -0.3 is 14.7 Å². The second kappa shape index (κ2) is 7.96. The largest absolute Gasteiger partial charge is 0.465 e. The molecule has 1 fully saturated rings. The molecule has 2 N–H and O–H groups in total. The van der Waals surface area contributed by atoms with Crippen LogP contribution in [-0.2, 0) is 19.3 Å². The van der Waals surface area contributed by atoms with Crippen molar-refractivity contribution in [2.24, 2.45) is 0 Å². The number of nitrogens with one attached hydrogen (secondary N) is 1. The van der Waals surface area contributed by atoms with Crippen LogP contribution in [0.2, 0.25) is 0 Å². The van der Waals surface area contributed by atoms with Gasteiger partial charge in [-0.1, -0.05) is 0 Å². The second-order valence-electron chi connectivity index (χ2n) is 7.32. The first kappa shape index (κ1) is 21.0. The minimum atomic E-state index is -3.43. The monoisotopic (exact) mass is 420 g/mol. The van der Waals surface area contributed by atoms with Crippen molar-refractivity contribution in [2.75, 3.05) is 42.8 Å². The lowest BCUT2D eigenvalue weighted by atomic mass is 10.1. The molecule has 0 atom stereocenters. The summed E-state index contributed by atoms with van der Waals surface area (Å²) in [4.78, 5) is 22.0. The van der Waals surface area contributed by atoms with Crippen LogP contribution in [0.3, 0.4) is 0 Å². The van der Waals surface area contributed by atoms with Crippen LogP contribution < -0.4 is 10.2 Å². The van der Waals surface area contributed by atoms with Crippen molar-refractivity contribution < 1.29 is 23.1 Å². The van der Waals surface area contributed by atoms with Crippen LogP contribution in [0.4, 0.5) is 16.3 Å². The van der Waals surface area contributed by atoms with Gasteiger partial charge in [0, 0.05) is 36.7 Å². The number of benzene rings is 1. The molecule has 3 rings (SSSR count). The molecule has 0 unspecified atom stereocenters. The Labute approximate surface area is 169 Å². The molecule has 10 heteroatoms. The Bertz CT molecular complexity index is 1000. The van der Waals surface area contributed by atoms with Crippen LogP contribution in [0.1, 0.15) is 19.5 Å². The zero-order valence-electron chi connectivity index (χ0n) is 16.5. The molecule has 2 heterocycles. The topological polar surface area (TPSA) is 122 Å². The first-order valence-electron chi connectivity index (χ1n) is 9.10. The summed E-state index contributed by atoms with van der Waals surface area (Å²) in [5, 5.41) is 11.1. The average Bonchev–Trinajstić information content (AvgIpc) is 2.67. The summed E-state index contributed by atoms with van der Waals surface area (Å²) < 4.78 is 29.0. The lowest BCUT2D eigenvalue weighted by Crippen LogP contribution is -2.37. The van der Waals surface area contributed by atoms with E-state index in [0.717, 1.165) is 0 Å². The fraction of sp³-hybridized carbons (Fsp3) is 0.421. The third kappa shape index (κ3) is 4.65. The summed E-state index contributed by atoms with van der Waals surface area (Å²) in [6.45, 7) is 5.68. The first-order valence-corrected chi connectivity index (χ1v) is 11.0. The number of carbonyl (C=O) groups is 1. The zero-order valence-corrected chi connectivity index (χ0v) is 17.4. The van der Waals surface area contributed by atoms with Gasteiger partial charge >= 0.3 is 6.09 Å². The molecule has 0 aliphatic carbocycles. The molecule has 2 aromatic rings. The van der Waals surface area contributed by atoms with Crippen LogP contribution in [0.25, 0.3) is 11.4 Å². The number of morpholine rings is 1. The highest BCUT2D eigenvalue weighted by molar-refractivity contribution is 7.91. The highest BCUT2D eigenvalue weighted by Crippen LogP contribution is 2.32. The van der Waals surface area contributed by atoms with Crippen LogP contribution in [0.15, 0.2) is 30.3 Å². The van der Waals surface area contributed by atoms with E-state index in [9.17, 15) is 13.2 Å². The maximum Gasteiger partial charge on any atom is 0.409 e. The number of hydrogen-bond donors (Lipinski definition) is 2. The molecule has 0 saturated carbocycles. The SMILES string of the molecule is CC(C)(c1cc(N2CCOCC2)nc(-c2ccc(NC(=O)O)cc2)n1)S(C)(=O)=O. The zero-order chi connectivity index (χ0) is 21.2. The molecule has 1 amide bonds. The quantitative estimate of drug-likeness (QED) is 0.756. The number of sulfone groups is 1. The number of rotatable bonds is 5. The minimum Gasteiger partial charge on any atom is -0.465 e. The van der Waals surface area contributed by atoms with Crippen molar-refractivity contribution >= 4 is 27.4 Å². The molecule has 1 aromatic carbocycles. The van der Waals surface area contributed by atoms with E-state index in [1.807, 2.05) is 4.90 Å². The molecular formula is C19H24N4O5S. The van der Waals surface area contributed by atoms with Gasteiger partial charge in [0.2, 0.25) is 0 Å². The van der Waals surface area contributed by atoms with Crippen molar-refractivity contribution in [3.63, 3.8) is 0 Å². The van der Waals surface area contributed by atoms with Crippen LogP contribution in [0.5, 0.6) is 0 Å². The summed E-state index contributed by atoms with van der Waals surface area (Å²) >= 11 is 0. The van der Waals surface area contributed by atoms with Crippen molar-refractivity contribution in [2.45, 2.75) is 18.6 Å². The van der Waals surface area contributed by atoms with Gasteiger partial charge in [-0.25, -0.2) is 23.2 Å². The van der Waals surface area contributed by atoms with Crippen molar-refractivity contribution in [1.82, 2.24) is 9.97 Å².